The molecule has 0 unspecified atom stereocenters. The van der Waals surface area contributed by atoms with Crippen LogP contribution in [0.1, 0.15) is 10.4 Å². The van der Waals surface area contributed by atoms with Crippen LogP contribution in [0.25, 0.3) is 0 Å². The van der Waals surface area contributed by atoms with Crippen LogP contribution in [0.15, 0.2) is 24.3 Å². The summed E-state index contributed by atoms with van der Waals surface area (Å²) in [4.78, 5) is 22.1. The maximum absolute atomic E-state index is 11.4. The number of rotatable bonds is 2. The Kier molecular flexibility index (Phi) is 4.14. The first-order chi connectivity index (χ1) is 7.67. The Morgan fingerprint density at radius 2 is 1.69 bits per heavy atom. The summed E-state index contributed by atoms with van der Waals surface area (Å²) in [6.45, 7) is 0. The molecule has 0 aliphatic carbocycles. The van der Waals surface area contributed by atoms with Crippen molar-refractivity contribution in [2.75, 3.05) is 14.2 Å². The number of carbonyl (C=O) groups excluding carboxylic acids is 2. The van der Waals surface area contributed by atoms with Crippen molar-refractivity contribution in [1.82, 2.24) is 10.9 Å². The molecule has 0 aliphatic rings. The van der Waals surface area contributed by atoms with E-state index >= 15 is 0 Å². The van der Waals surface area contributed by atoms with Crippen molar-refractivity contribution >= 4 is 12.0 Å². The second-order valence-electron chi connectivity index (χ2n) is 2.80. The predicted molar refractivity (Wildman–Crippen MR) is 56.0 cm³/mol. The summed E-state index contributed by atoms with van der Waals surface area (Å²) < 4.78 is 9.23. The van der Waals surface area contributed by atoms with E-state index in [1.54, 1.807) is 24.3 Å². The first-order valence-electron chi connectivity index (χ1n) is 4.45. The third kappa shape index (κ3) is 3.16. The molecular weight excluding hydrogens is 212 g/mol. The van der Waals surface area contributed by atoms with Crippen LogP contribution in [0.4, 0.5) is 4.79 Å². The molecule has 1 rings (SSSR count). The van der Waals surface area contributed by atoms with Crippen molar-refractivity contribution in [3.63, 3.8) is 0 Å². The maximum Gasteiger partial charge on any atom is 0.425 e. The van der Waals surface area contributed by atoms with Crippen LogP contribution < -0.4 is 15.6 Å². The van der Waals surface area contributed by atoms with E-state index in [1.807, 2.05) is 0 Å². The van der Waals surface area contributed by atoms with Gasteiger partial charge in [0.25, 0.3) is 5.91 Å². The van der Waals surface area contributed by atoms with Crippen LogP contribution in [0, 0.1) is 0 Å². The molecule has 0 spiro atoms. The van der Waals surface area contributed by atoms with Gasteiger partial charge in [0.05, 0.1) is 14.2 Å². The van der Waals surface area contributed by atoms with E-state index in [0.29, 0.717) is 11.3 Å². The molecule has 1 aromatic rings. The number of hydrogen-bond acceptors (Lipinski definition) is 4. The summed E-state index contributed by atoms with van der Waals surface area (Å²) in [5.74, 6) is 0.213. The van der Waals surface area contributed by atoms with Gasteiger partial charge in [0.15, 0.2) is 0 Å². The molecule has 0 aliphatic heterocycles. The second-order valence-corrected chi connectivity index (χ2v) is 2.80. The Bertz CT molecular complexity index is 375. The van der Waals surface area contributed by atoms with Gasteiger partial charge >= 0.3 is 6.09 Å². The van der Waals surface area contributed by atoms with Crippen molar-refractivity contribution in [3.8, 4) is 5.75 Å². The van der Waals surface area contributed by atoms with E-state index in [4.69, 9.17) is 4.74 Å². The van der Waals surface area contributed by atoms with Crippen molar-refractivity contribution in [3.05, 3.63) is 29.8 Å². The van der Waals surface area contributed by atoms with Crippen LogP contribution >= 0.6 is 0 Å². The highest BCUT2D eigenvalue weighted by atomic mass is 16.5. The van der Waals surface area contributed by atoms with Crippen molar-refractivity contribution < 1.29 is 19.1 Å². The highest BCUT2D eigenvalue weighted by Crippen LogP contribution is 2.10. The molecule has 0 aromatic heterocycles. The molecule has 2 amide bonds. The second kappa shape index (κ2) is 5.59. The van der Waals surface area contributed by atoms with Crippen molar-refractivity contribution in [1.29, 1.82) is 0 Å². The Hall–Kier alpha value is -2.24. The van der Waals surface area contributed by atoms with E-state index in [-0.39, 0.29) is 0 Å². The lowest BCUT2D eigenvalue weighted by Gasteiger charge is -2.06. The first-order valence-corrected chi connectivity index (χ1v) is 4.45. The lowest BCUT2D eigenvalue weighted by Crippen LogP contribution is -2.41. The molecule has 2 N–H and O–H groups in total. The molecule has 0 radical (unpaired) electrons. The average molecular weight is 224 g/mol. The first kappa shape index (κ1) is 11.8. The van der Waals surface area contributed by atoms with Gasteiger partial charge in [-0.15, -0.1) is 0 Å². The summed E-state index contributed by atoms with van der Waals surface area (Å²) >= 11 is 0. The topological polar surface area (TPSA) is 76.7 Å². The highest BCUT2D eigenvalue weighted by molar-refractivity contribution is 5.94. The highest BCUT2D eigenvalue weighted by Gasteiger charge is 2.06. The van der Waals surface area contributed by atoms with Gasteiger partial charge in [-0.1, -0.05) is 0 Å². The number of methoxy groups -OCH3 is 2. The van der Waals surface area contributed by atoms with Crippen LogP contribution in [-0.2, 0) is 4.74 Å². The number of hydrogen-bond donors (Lipinski definition) is 2. The Labute approximate surface area is 92.5 Å². The Morgan fingerprint density at radius 1 is 1.06 bits per heavy atom. The summed E-state index contributed by atoms with van der Waals surface area (Å²) in [6, 6.07) is 6.44. The monoisotopic (exact) mass is 224 g/mol. The normalized spacial score (nSPS) is 9.12. The molecule has 0 saturated heterocycles. The molecule has 6 heteroatoms. The SMILES string of the molecule is COC(=O)NNC(=O)c1ccc(OC)cc1. The molecule has 0 saturated carbocycles. The number of carbonyl (C=O) groups is 2. The van der Waals surface area contributed by atoms with E-state index in [2.05, 4.69) is 15.6 Å². The average Bonchev–Trinajstić information content (AvgIpc) is 2.35. The van der Waals surface area contributed by atoms with Gasteiger partial charge in [-0.2, -0.15) is 0 Å². The molecule has 16 heavy (non-hydrogen) atoms. The Balaban J connectivity index is 2.56. The summed E-state index contributed by atoms with van der Waals surface area (Å²) in [7, 11) is 2.74. The zero-order valence-corrected chi connectivity index (χ0v) is 8.94. The van der Waals surface area contributed by atoms with Gasteiger partial charge in [0, 0.05) is 5.56 Å². The third-order valence-electron chi connectivity index (χ3n) is 1.82. The summed E-state index contributed by atoms with van der Waals surface area (Å²) in [6.07, 6.45) is -0.734. The fourth-order valence-corrected chi connectivity index (χ4v) is 0.973. The number of ether oxygens (including phenoxy) is 2. The molecule has 86 valence electrons. The minimum atomic E-state index is -0.734. The van der Waals surface area contributed by atoms with Gasteiger partial charge in [-0.25, -0.2) is 10.2 Å². The fourth-order valence-electron chi connectivity index (χ4n) is 0.973. The van der Waals surface area contributed by atoms with Gasteiger partial charge in [0.2, 0.25) is 0 Å². The van der Waals surface area contributed by atoms with Gasteiger partial charge in [-0.05, 0) is 24.3 Å². The van der Waals surface area contributed by atoms with Crippen LogP contribution in [0.5, 0.6) is 5.75 Å². The number of nitrogens with one attached hydrogen (secondary N) is 2. The predicted octanol–water partition coefficient (Wildman–Crippen LogP) is 0.696. The smallest absolute Gasteiger partial charge is 0.425 e. The molecule has 1 aromatic carbocycles. The molecule has 0 fully saturated rings. The molecule has 0 bridgehead atoms. The zero-order valence-electron chi connectivity index (χ0n) is 8.94. The van der Waals surface area contributed by atoms with Crippen molar-refractivity contribution in [2.45, 2.75) is 0 Å². The van der Waals surface area contributed by atoms with Gasteiger partial charge < -0.3 is 9.47 Å². The Morgan fingerprint density at radius 3 is 2.19 bits per heavy atom. The number of amides is 2. The minimum absolute atomic E-state index is 0.400. The number of benzene rings is 1. The lowest BCUT2D eigenvalue weighted by atomic mass is 10.2. The lowest BCUT2D eigenvalue weighted by molar-refractivity contribution is 0.0920. The third-order valence-corrected chi connectivity index (χ3v) is 1.82. The molecule has 0 heterocycles. The van der Waals surface area contributed by atoms with Crippen LogP contribution in [0.3, 0.4) is 0 Å². The van der Waals surface area contributed by atoms with E-state index in [0.717, 1.165) is 0 Å². The van der Waals surface area contributed by atoms with Gasteiger partial charge in [-0.3, -0.25) is 10.2 Å². The van der Waals surface area contributed by atoms with E-state index in [9.17, 15) is 9.59 Å². The fraction of sp³-hybridized carbons (Fsp3) is 0.200. The van der Waals surface area contributed by atoms with Crippen LogP contribution in [0.2, 0.25) is 0 Å². The van der Waals surface area contributed by atoms with Crippen LogP contribution in [-0.4, -0.2) is 26.2 Å². The molecule has 0 atom stereocenters. The zero-order chi connectivity index (χ0) is 12.0. The van der Waals surface area contributed by atoms with E-state index in [1.165, 1.54) is 14.2 Å². The van der Waals surface area contributed by atoms with Gasteiger partial charge in [0.1, 0.15) is 5.75 Å². The van der Waals surface area contributed by atoms with E-state index < -0.39 is 12.0 Å². The molecular formula is C10H12N2O4. The largest absolute Gasteiger partial charge is 0.497 e. The van der Waals surface area contributed by atoms with Crippen molar-refractivity contribution in [2.24, 2.45) is 0 Å². The summed E-state index contributed by atoms with van der Waals surface area (Å²) in [5.41, 5.74) is 4.65. The standard InChI is InChI=1S/C10H12N2O4/c1-15-8-5-3-7(4-6-8)9(13)11-12-10(14)16-2/h3-6H,1-2H3,(H,11,13)(H,12,14). The minimum Gasteiger partial charge on any atom is -0.497 e. The number of hydrazine groups is 1. The quantitative estimate of drug-likeness (QED) is 0.725. The maximum atomic E-state index is 11.4. The summed E-state index contributed by atoms with van der Waals surface area (Å²) in [5, 5.41) is 0. The molecule has 6 nitrogen and oxygen atoms in total.